The molecular weight excluding hydrogens is 543 g/mol. The van der Waals surface area contributed by atoms with Gasteiger partial charge in [0, 0.05) is 15.1 Å². The SMILES string of the molecule is CCC(Oc1ccc(Cl)cc1Cl)C(=O)N/N=C/c1ccc(OC(=O)c2sc3ccccc3c2Cl)cc1. The Balaban J connectivity index is 1.34. The van der Waals surface area contributed by atoms with Gasteiger partial charge in [0.15, 0.2) is 6.10 Å². The number of esters is 1. The van der Waals surface area contributed by atoms with E-state index in [0.29, 0.717) is 43.4 Å². The van der Waals surface area contributed by atoms with E-state index in [-0.39, 0.29) is 0 Å². The molecule has 0 aliphatic heterocycles. The smallest absolute Gasteiger partial charge is 0.355 e. The molecule has 36 heavy (non-hydrogen) atoms. The lowest BCUT2D eigenvalue weighted by Crippen LogP contribution is -2.35. The van der Waals surface area contributed by atoms with E-state index in [1.54, 1.807) is 42.5 Å². The Morgan fingerprint density at radius 2 is 1.81 bits per heavy atom. The average molecular weight is 562 g/mol. The molecule has 184 valence electrons. The van der Waals surface area contributed by atoms with Gasteiger partial charge in [0.05, 0.1) is 16.3 Å². The summed E-state index contributed by atoms with van der Waals surface area (Å²) in [6.45, 7) is 1.81. The van der Waals surface area contributed by atoms with Gasteiger partial charge in [-0.05, 0) is 60.5 Å². The molecule has 1 amide bonds. The number of carbonyl (C=O) groups excluding carboxylic acids is 2. The average Bonchev–Trinajstić information content (AvgIpc) is 3.21. The van der Waals surface area contributed by atoms with Gasteiger partial charge < -0.3 is 9.47 Å². The summed E-state index contributed by atoms with van der Waals surface area (Å²) in [4.78, 5) is 25.4. The van der Waals surface area contributed by atoms with Gasteiger partial charge >= 0.3 is 5.97 Å². The number of thiophene rings is 1. The van der Waals surface area contributed by atoms with Crippen molar-refractivity contribution < 1.29 is 19.1 Å². The molecule has 1 unspecified atom stereocenters. The van der Waals surface area contributed by atoms with E-state index in [1.165, 1.54) is 17.6 Å². The molecule has 0 saturated heterocycles. The van der Waals surface area contributed by atoms with E-state index < -0.39 is 18.0 Å². The number of nitrogens with one attached hydrogen (secondary N) is 1. The standard InChI is InChI=1S/C26H19Cl3N2O4S/c1-2-20(35-21-12-9-16(27)13-19(21)28)25(32)31-30-14-15-7-10-17(11-8-15)34-26(33)24-23(29)18-5-3-4-6-22(18)36-24/h3-14,20H,2H2,1H3,(H,31,32)/b30-14+. The van der Waals surface area contributed by atoms with Gasteiger partial charge in [0.25, 0.3) is 5.91 Å². The third kappa shape index (κ3) is 6.17. The van der Waals surface area contributed by atoms with E-state index in [4.69, 9.17) is 44.3 Å². The van der Waals surface area contributed by atoms with Crippen LogP contribution < -0.4 is 14.9 Å². The maximum absolute atomic E-state index is 12.6. The van der Waals surface area contributed by atoms with Gasteiger partial charge in [-0.2, -0.15) is 5.10 Å². The number of hydrogen-bond acceptors (Lipinski definition) is 6. The molecule has 1 heterocycles. The van der Waals surface area contributed by atoms with E-state index in [9.17, 15) is 9.59 Å². The van der Waals surface area contributed by atoms with Gasteiger partial charge in [-0.1, -0.05) is 59.9 Å². The van der Waals surface area contributed by atoms with Crippen molar-refractivity contribution in [1.29, 1.82) is 0 Å². The lowest BCUT2D eigenvalue weighted by atomic mass is 10.2. The zero-order valence-electron chi connectivity index (χ0n) is 18.8. The predicted molar refractivity (Wildman–Crippen MR) is 145 cm³/mol. The first-order valence-electron chi connectivity index (χ1n) is 10.8. The Morgan fingerprint density at radius 1 is 1.06 bits per heavy atom. The second-order valence-corrected chi connectivity index (χ2v) is 9.80. The van der Waals surface area contributed by atoms with E-state index >= 15 is 0 Å². The van der Waals surface area contributed by atoms with Gasteiger partial charge in [-0.25, -0.2) is 10.2 Å². The van der Waals surface area contributed by atoms with Gasteiger partial charge in [0.2, 0.25) is 0 Å². The minimum absolute atomic E-state index is 0.313. The predicted octanol–water partition coefficient (Wildman–Crippen LogP) is 7.39. The van der Waals surface area contributed by atoms with Crippen LogP contribution in [0.2, 0.25) is 15.1 Å². The fourth-order valence-electron chi connectivity index (χ4n) is 3.21. The summed E-state index contributed by atoms with van der Waals surface area (Å²) in [5.74, 6) is -0.241. The molecule has 1 atom stereocenters. The van der Waals surface area contributed by atoms with Gasteiger partial charge in [-0.3, -0.25) is 4.79 Å². The topological polar surface area (TPSA) is 77.0 Å². The molecule has 4 aromatic rings. The first-order valence-corrected chi connectivity index (χ1v) is 12.7. The summed E-state index contributed by atoms with van der Waals surface area (Å²) in [6.07, 6.45) is 1.08. The fraction of sp³-hybridized carbons (Fsp3) is 0.115. The van der Waals surface area contributed by atoms with Crippen LogP contribution in [-0.4, -0.2) is 24.2 Å². The molecule has 3 aromatic carbocycles. The Bertz CT molecular complexity index is 1440. The third-order valence-corrected chi connectivity index (χ3v) is 7.21. The summed E-state index contributed by atoms with van der Waals surface area (Å²) in [5.41, 5.74) is 3.14. The summed E-state index contributed by atoms with van der Waals surface area (Å²) in [5, 5.41) is 5.96. The van der Waals surface area contributed by atoms with E-state index in [2.05, 4.69) is 10.5 Å². The number of rotatable bonds is 8. The molecule has 1 N–H and O–H groups in total. The highest BCUT2D eigenvalue weighted by Crippen LogP contribution is 2.35. The zero-order valence-corrected chi connectivity index (χ0v) is 21.9. The quantitative estimate of drug-likeness (QED) is 0.105. The number of benzene rings is 3. The normalized spacial score (nSPS) is 12.0. The Labute approximate surface area is 226 Å². The highest BCUT2D eigenvalue weighted by molar-refractivity contribution is 7.21. The summed E-state index contributed by atoms with van der Waals surface area (Å²) in [6, 6.07) is 18.9. The van der Waals surface area contributed by atoms with Crippen LogP contribution in [0.1, 0.15) is 28.6 Å². The fourth-order valence-corrected chi connectivity index (χ4v) is 5.05. The Kier molecular flexibility index (Phi) is 8.48. The molecular formula is C26H19Cl3N2O4S. The van der Waals surface area contributed by atoms with Gasteiger partial charge in [-0.15, -0.1) is 11.3 Å². The third-order valence-electron chi connectivity index (χ3n) is 5.03. The van der Waals surface area contributed by atoms with Crippen molar-refractivity contribution in [2.24, 2.45) is 5.10 Å². The highest BCUT2D eigenvalue weighted by atomic mass is 35.5. The van der Waals surface area contributed by atoms with Crippen LogP contribution in [0.15, 0.2) is 71.8 Å². The number of ether oxygens (including phenoxy) is 2. The highest BCUT2D eigenvalue weighted by Gasteiger charge is 2.20. The molecule has 4 rings (SSSR count). The second kappa shape index (κ2) is 11.8. The lowest BCUT2D eigenvalue weighted by Gasteiger charge is -2.16. The molecule has 6 nitrogen and oxygen atoms in total. The number of fused-ring (bicyclic) bond motifs is 1. The molecule has 0 aliphatic rings. The van der Waals surface area contributed by atoms with Crippen LogP contribution in [0.5, 0.6) is 11.5 Å². The van der Waals surface area contributed by atoms with Crippen LogP contribution in [-0.2, 0) is 4.79 Å². The first-order chi connectivity index (χ1) is 17.4. The van der Waals surface area contributed by atoms with Crippen LogP contribution in [0.3, 0.4) is 0 Å². The molecule has 1 aromatic heterocycles. The van der Waals surface area contributed by atoms with Crippen molar-refractivity contribution in [2.45, 2.75) is 19.4 Å². The summed E-state index contributed by atoms with van der Waals surface area (Å²) in [7, 11) is 0. The van der Waals surface area contributed by atoms with E-state index in [1.807, 2.05) is 31.2 Å². The van der Waals surface area contributed by atoms with Crippen LogP contribution in [0.4, 0.5) is 0 Å². The molecule has 0 aliphatic carbocycles. The molecule has 0 saturated carbocycles. The number of halogens is 3. The van der Waals surface area contributed by atoms with Crippen molar-refractivity contribution in [1.82, 2.24) is 5.43 Å². The maximum Gasteiger partial charge on any atom is 0.355 e. The largest absolute Gasteiger partial charge is 0.479 e. The van der Waals surface area contributed by atoms with Crippen LogP contribution in [0, 0.1) is 0 Å². The number of carbonyl (C=O) groups is 2. The first kappa shape index (κ1) is 26.0. The number of hydrazone groups is 1. The molecule has 0 spiro atoms. The van der Waals surface area contributed by atoms with Crippen LogP contribution in [0.25, 0.3) is 10.1 Å². The molecule has 0 radical (unpaired) electrons. The van der Waals surface area contributed by atoms with Crippen molar-refractivity contribution in [3.8, 4) is 11.5 Å². The lowest BCUT2D eigenvalue weighted by molar-refractivity contribution is -0.128. The zero-order chi connectivity index (χ0) is 25.7. The number of amides is 1. The minimum atomic E-state index is -0.789. The van der Waals surface area contributed by atoms with Crippen molar-refractivity contribution in [3.05, 3.63) is 92.2 Å². The Hall–Kier alpha value is -3.10. The molecule has 10 heteroatoms. The Morgan fingerprint density at radius 3 is 2.50 bits per heavy atom. The maximum atomic E-state index is 12.6. The number of nitrogens with zero attached hydrogens (tertiary/aromatic N) is 1. The molecule has 0 fully saturated rings. The summed E-state index contributed by atoms with van der Waals surface area (Å²) < 4.78 is 12.1. The molecule has 0 bridgehead atoms. The minimum Gasteiger partial charge on any atom is -0.479 e. The summed E-state index contributed by atoms with van der Waals surface area (Å²) >= 11 is 19.6. The van der Waals surface area contributed by atoms with Crippen molar-refractivity contribution >= 4 is 74.3 Å². The van der Waals surface area contributed by atoms with Crippen molar-refractivity contribution in [2.75, 3.05) is 0 Å². The number of hydrogen-bond donors (Lipinski definition) is 1. The second-order valence-electron chi connectivity index (χ2n) is 7.52. The van der Waals surface area contributed by atoms with Gasteiger partial charge in [0.1, 0.15) is 16.4 Å². The van der Waals surface area contributed by atoms with Crippen LogP contribution >= 0.6 is 46.1 Å². The monoisotopic (exact) mass is 560 g/mol. The van der Waals surface area contributed by atoms with E-state index in [0.717, 1.165) is 10.1 Å². The van der Waals surface area contributed by atoms with Crippen molar-refractivity contribution in [3.63, 3.8) is 0 Å².